The molecule has 2 N–H and O–H groups in total. The number of nitrogens with zero attached hydrogens (tertiary/aromatic N) is 4. The summed E-state index contributed by atoms with van der Waals surface area (Å²) in [7, 11) is 3.87. The van der Waals surface area contributed by atoms with Crippen molar-refractivity contribution in [1.29, 1.82) is 0 Å². The van der Waals surface area contributed by atoms with Crippen molar-refractivity contribution in [2.24, 2.45) is 12.0 Å². The number of para-hydroxylation sites is 3. The second-order valence-electron chi connectivity index (χ2n) is 6.91. The van der Waals surface area contributed by atoms with Crippen molar-refractivity contribution in [2.45, 2.75) is 19.0 Å². The molecular weight excluding hydrogens is 463 g/mol. The number of benzene rings is 2. The molecule has 7 heteroatoms. The molecule has 1 aliphatic rings. The van der Waals surface area contributed by atoms with Crippen LogP contribution in [0.4, 0.5) is 5.69 Å². The minimum Gasteiger partial charge on any atom is -0.369 e. The molecule has 1 unspecified atom stereocenters. The zero-order chi connectivity index (χ0) is 18.6. The van der Waals surface area contributed by atoms with Gasteiger partial charge in [-0.05, 0) is 30.7 Å². The highest BCUT2D eigenvalue weighted by Crippen LogP contribution is 2.19. The van der Waals surface area contributed by atoms with Crippen molar-refractivity contribution in [3.63, 3.8) is 0 Å². The van der Waals surface area contributed by atoms with Gasteiger partial charge in [-0.3, -0.25) is 4.99 Å². The van der Waals surface area contributed by atoms with Gasteiger partial charge < -0.3 is 20.1 Å². The normalized spacial score (nSPS) is 16.9. The Morgan fingerprint density at radius 3 is 2.64 bits per heavy atom. The fourth-order valence-corrected chi connectivity index (χ4v) is 3.66. The van der Waals surface area contributed by atoms with Gasteiger partial charge in [0.15, 0.2) is 5.96 Å². The first kappa shape index (κ1) is 20.4. The molecule has 0 radical (unpaired) electrons. The molecule has 6 nitrogen and oxygen atoms in total. The fraction of sp³-hybridized carbons (Fsp3) is 0.333. The van der Waals surface area contributed by atoms with Crippen LogP contribution >= 0.6 is 24.0 Å². The Kier molecular flexibility index (Phi) is 6.77. The Balaban J connectivity index is 0.00000225. The number of anilines is 1. The predicted octanol–water partition coefficient (Wildman–Crippen LogP) is 3.14. The van der Waals surface area contributed by atoms with Crippen molar-refractivity contribution >= 4 is 46.7 Å². The first-order valence-electron chi connectivity index (χ1n) is 9.42. The lowest BCUT2D eigenvalue weighted by Gasteiger charge is -2.20. The van der Waals surface area contributed by atoms with Crippen LogP contribution in [0.15, 0.2) is 59.6 Å². The van der Waals surface area contributed by atoms with Crippen LogP contribution in [0.2, 0.25) is 0 Å². The van der Waals surface area contributed by atoms with E-state index in [0.29, 0.717) is 12.6 Å². The minimum atomic E-state index is 0. The summed E-state index contributed by atoms with van der Waals surface area (Å²) < 4.78 is 2.13. The van der Waals surface area contributed by atoms with Gasteiger partial charge in [0.05, 0.1) is 17.6 Å². The quantitative estimate of drug-likeness (QED) is 0.335. The second kappa shape index (κ2) is 9.27. The summed E-state index contributed by atoms with van der Waals surface area (Å²) in [6.07, 6.45) is 1.10. The highest BCUT2D eigenvalue weighted by molar-refractivity contribution is 14.0. The predicted molar refractivity (Wildman–Crippen MR) is 127 cm³/mol. The molecule has 1 fully saturated rings. The Morgan fingerprint density at radius 1 is 1.14 bits per heavy atom. The van der Waals surface area contributed by atoms with Crippen LogP contribution in [0.25, 0.3) is 11.0 Å². The lowest BCUT2D eigenvalue weighted by atomic mass is 10.3. The molecule has 148 valence electrons. The van der Waals surface area contributed by atoms with E-state index in [1.54, 1.807) is 0 Å². The van der Waals surface area contributed by atoms with E-state index in [1.807, 2.05) is 25.2 Å². The number of aliphatic imine (C=N–C) groups is 1. The van der Waals surface area contributed by atoms with Crippen LogP contribution in [0, 0.1) is 0 Å². The van der Waals surface area contributed by atoms with E-state index in [0.717, 1.165) is 42.3 Å². The van der Waals surface area contributed by atoms with Gasteiger partial charge in [0, 0.05) is 38.9 Å². The minimum absolute atomic E-state index is 0. The smallest absolute Gasteiger partial charge is 0.191 e. The Labute approximate surface area is 183 Å². The van der Waals surface area contributed by atoms with Crippen molar-refractivity contribution in [1.82, 2.24) is 20.2 Å². The summed E-state index contributed by atoms with van der Waals surface area (Å²) in [6.45, 7) is 2.68. The number of imidazole rings is 1. The number of rotatable bonds is 4. The highest BCUT2D eigenvalue weighted by atomic mass is 127. The topological polar surface area (TPSA) is 57.5 Å². The molecule has 1 aliphatic heterocycles. The molecule has 0 bridgehead atoms. The first-order chi connectivity index (χ1) is 13.2. The maximum absolute atomic E-state index is 4.71. The average molecular weight is 490 g/mol. The summed E-state index contributed by atoms with van der Waals surface area (Å²) in [4.78, 5) is 11.5. The van der Waals surface area contributed by atoms with E-state index >= 15 is 0 Å². The monoisotopic (exact) mass is 490 g/mol. The van der Waals surface area contributed by atoms with Crippen molar-refractivity contribution in [2.75, 3.05) is 25.0 Å². The van der Waals surface area contributed by atoms with Gasteiger partial charge in [-0.25, -0.2) is 4.98 Å². The molecule has 0 spiro atoms. The lowest BCUT2D eigenvalue weighted by molar-refractivity contribution is 0.642. The molecule has 1 aromatic heterocycles. The fourth-order valence-electron chi connectivity index (χ4n) is 3.66. The number of fused-ring (bicyclic) bond motifs is 1. The van der Waals surface area contributed by atoms with Crippen LogP contribution in [-0.2, 0) is 13.6 Å². The molecule has 1 atom stereocenters. The van der Waals surface area contributed by atoms with Crippen LogP contribution < -0.4 is 15.5 Å². The third kappa shape index (κ3) is 4.40. The van der Waals surface area contributed by atoms with E-state index in [4.69, 9.17) is 4.98 Å². The van der Waals surface area contributed by atoms with E-state index in [9.17, 15) is 0 Å². The Hall–Kier alpha value is -2.29. The number of hydrogen-bond donors (Lipinski definition) is 2. The molecule has 28 heavy (non-hydrogen) atoms. The number of nitrogens with one attached hydrogen (secondary N) is 2. The Bertz CT molecular complexity index is 936. The van der Waals surface area contributed by atoms with Gasteiger partial charge in [0.1, 0.15) is 5.82 Å². The molecule has 0 saturated carbocycles. The third-order valence-corrected chi connectivity index (χ3v) is 5.17. The summed E-state index contributed by atoms with van der Waals surface area (Å²) >= 11 is 0. The number of aryl methyl sites for hydroxylation is 1. The maximum Gasteiger partial charge on any atom is 0.191 e. The number of aromatic nitrogens is 2. The van der Waals surface area contributed by atoms with Gasteiger partial charge in [-0.15, -0.1) is 24.0 Å². The van der Waals surface area contributed by atoms with Gasteiger partial charge in [-0.2, -0.15) is 0 Å². The van der Waals surface area contributed by atoms with Crippen molar-refractivity contribution in [3.05, 3.63) is 60.4 Å². The summed E-state index contributed by atoms with van der Waals surface area (Å²) in [5.41, 5.74) is 3.45. The Morgan fingerprint density at radius 2 is 1.89 bits per heavy atom. The van der Waals surface area contributed by atoms with Gasteiger partial charge >= 0.3 is 0 Å². The highest BCUT2D eigenvalue weighted by Gasteiger charge is 2.23. The van der Waals surface area contributed by atoms with E-state index < -0.39 is 0 Å². The van der Waals surface area contributed by atoms with Gasteiger partial charge in [-0.1, -0.05) is 30.3 Å². The molecule has 0 aliphatic carbocycles. The number of guanidine groups is 1. The third-order valence-electron chi connectivity index (χ3n) is 5.17. The van der Waals surface area contributed by atoms with Gasteiger partial charge in [0.25, 0.3) is 0 Å². The first-order valence-corrected chi connectivity index (χ1v) is 9.42. The van der Waals surface area contributed by atoms with Crippen LogP contribution in [0.5, 0.6) is 0 Å². The van der Waals surface area contributed by atoms with Crippen LogP contribution in [0.3, 0.4) is 0 Å². The van der Waals surface area contributed by atoms with Crippen LogP contribution in [-0.4, -0.2) is 41.7 Å². The standard InChI is InChI=1S/C21H26N6.HI/c1-22-21(23-14-20-25-18-10-6-7-11-19(18)26(20)2)24-16-12-13-27(15-16)17-8-4-3-5-9-17;/h3-11,16H,12-15H2,1-2H3,(H2,22,23,24);1H. The maximum atomic E-state index is 4.71. The zero-order valence-corrected chi connectivity index (χ0v) is 18.6. The number of hydrogen-bond acceptors (Lipinski definition) is 3. The van der Waals surface area contributed by atoms with E-state index in [2.05, 4.69) is 68.5 Å². The van der Waals surface area contributed by atoms with Crippen LogP contribution in [0.1, 0.15) is 12.2 Å². The molecule has 2 aromatic carbocycles. The second-order valence-corrected chi connectivity index (χ2v) is 6.91. The van der Waals surface area contributed by atoms with Gasteiger partial charge in [0.2, 0.25) is 0 Å². The molecule has 0 amide bonds. The summed E-state index contributed by atoms with van der Waals surface area (Å²) in [6, 6.07) is 19.2. The molecule has 1 saturated heterocycles. The largest absolute Gasteiger partial charge is 0.369 e. The average Bonchev–Trinajstić information content (AvgIpc) is 3.31. The van der Waals surface area contributed by atoms with E-state index in [1.165, 1.54) is 5.69 Å². The molecule has 2 heterocycles. The van der Waals surface area contributed by atoms with E-state index in [-0.39, 0.29) is 24.0 Å². The number of halogens is 1. The van der Waals surface area contributed by atoms with Crippen molar-refractivity contribution in [3.8, 4) is 0 Å². The lowest BCUT2D eigenvalue weighted by Crippen LogP contribution is -2.44. The summed E-state index contributed by atoms with van der Waals surface area (Å²) in [5, 5.41) is 6.96. The molecule has 4 rings (SSSR count). The molecule has 3 aromatic rings. The zero-order valence-electron chi connectivity index (χ0n) is 16.3. The molecular formula is C21H27IN6. The SMILES string of the molecule is CN=C(NCc1nc2ccccc2n1C)NC1CCN(c2ccccc2)C1.I. The van der Waals surface area contributed by atoms with Crippen molar-refractivity contribution < 1.29 is 0 Å². The summed E-state index contributed by atoms with van der Waals surface area (Å²) in [5.74, 6) is 1.82.